The summed E-state index contributed by atoms with van der Waals surface area (Å²) >= 11 is 0. The van der Waals surface area contributed by atoms with Crippen LogP contribution < -0.4 is 15.5 Å². The molecule has 0 radical (unpaired) electrons. The van der Waals surface area contributed by atoms with Gasteiger partial charge in [0.2, 0.25) is 0 Å². The molecule has 1 atom stereocenters. The molecule has 11 heteroatoms. The molecule has 7 nitrogen and oxygen atoms in total. The third-order valence-electron chi connectivity index (χ3n) is 5.16. The van der Waals surface area contributed by atoms with Gasteiger partial charge in [-0.05, 0) is 18.6 Å². The first-order chi connectivity index (χ1) is 13.4. The Kier molecular flexibility index (Phi) is 8.89. The lowest BCUT2D eigenvalue weighted by Crippen LogP contribution is -2.48. The molecule has 3 rings (SSSR count). The molecule has 1 aromatic rings. The van der Waals surface area contributed by atoms with Gasteiger partial charge < -0.3 is 15.5 Å². The van der Waals surface area contributed by atoms with Crippen LogP contribution in [0, 0.1) is 11.6 Å². The average Bonchev–Trinajstić information content (AvgIpc) is 3.10. The zero-order valence-corrected chi connectivity index (χ0v) is 19.6. The first kappa shape index (κ1) is 24.1. The van der Waals surface area contributed by atoms with Crippen molar-refractivity contribution >= 4 is 45.5 Å². The number of aliphatic imine (C=N–C) groups is 1. The van der Waals surface area contributed by atoms with E-state index in [9.17, 15) is 17.2 Å². The van der Waals surface area contributed by atoms with Crippen LogP contribution in [-0.4, -0.2) is 83.1 Å². The summed E-state index contributed by atoms with van der Waals surface area (Å²) in [4.78, 5) is 8.24. The van der Waals surface area contributed by atoms with Crippen molar-refractivity contribution in [2.24, 2.45) is 4.99 Å². The maximum Gasteiger partial charge on any atom is 0.191 e. The van der Waals surface area contributed by atoms with Crippen molar-refractivity contribution < 1.29 is 17.2 Å². The van der Waals surface area contributed by atoms with Crippen molar-refractivity contribution in [1.82, 2.24) is 15.5 Å². The molecule has 1 aromatic carbocycles. The molecule has 0 amide bonds. The van der Waals surface area contributed by atoms with Gasteiger partial charge in [-0.3, -0.25) is 9.89 Å². The molecule has 0 bridgehead atoms. The summed E-state index contributed by atoms with van der Waals surface area (Å²) in [7, 11) is -1.17. The monoisotopic (exact) mass is 543 g/mol. The summed E-state index contributed by atoms with van der Waals surface area (Å²) in [6, 6.07) is 3.75. The Morgan fingerprint density at radius 2 is 1.97 bits per heavy atom. The van der Waals surface area contributed by atoms with E-state index in [2.05, 4.69) is 20.5 Å². The molecule has 2 fully saturated rings. The minimum atomic E-state index is -2.86. The fourth-order valence-corrected chi connectivity index (χ4v) is 4.81. The van der Waals surface area contributed by atoms with Crippen LogP contribution >= 0.6 is 24.0 Å². The first-order valence-electron chi connectivity index (χ1n) is 9.46. The van der Waals surface area contributed by atoms with E-state index in [1.807, 2.05) is 4.90 Å². The number of hydrogen-bond donors (Lipinski definition) is 2. The van der Waals surface area contributed by atoms with E-state index in [1.165, 1.54) is 12.1 Å². The van der Waals surface area contributed by atoms with Crippen LogP contribution in [0.2, 0.25) is 0 Å². The number of rotatable bonds is 5. The SMILES string of the molecule is CN=C(NCCN1CCS(=O)(=O)CC1)NC1CCN(c2ccc(F)cc2F)C1.I. The van der Waals surface area contributed by atoms with Crippen LogP contribution in [0.15, 0.2) is 23.2 Å². The molecule has 164 valence electrons. The highest BCUT2D eigenvalue weighted by Crippen LogP contribution is 2.24. The number of halogens is 3. The van der Waals surface area contributed by atoms with Crippen molar-refractivity contribution in [3.05, 3.63) is 29.8 Å². The highest BCUT2D eigenvalue weighted by Gasteiger charge is 2.25. The number of guanidine groups is 1. The molecular weight excluding hydrogens is 515 g/mol. The molecule has 2 heterocycles. The predicted molar refractivity (Wildman–Crippen MR) is 122 cm³/mol. The summed E-state index contributed by atoms with van der Waals surface area (Å²) in [5.41, 5.74) is 0.411. The van der Waals surface area contributed by atoms with Gasteiger partial charge in [-0.25, -0.2) is 17.2 Å². The van der Waals surface area contributed by atoms with Crippen LogP contribution in [0.1, 0.15) is 6.42 Å². The summed E-state index contributed by atoms with van der Waals surface area (Å²) in [6.45, 7) is 3.82. The highest BCUT2D eigenvalue weighted by atomic mass is 127. The largest absolute Gasteiger partial charge is 0.367 e. The zero-order chi connectivity index (χ0) is 20.1. The number of benzene rings is 1. The number of nitrogens with one attached hydrogen (secondary N) is 2. The predicted octanol–water partition coefficient (Wildman–Crippen LogP) is 1.06. The van der Waals surface area contributed by atoms with Crippen molar-refractivity contribution in [2.75, 3.05) is 62.7 Å². The van der Waals surface area contributed by atoms with Gasteiger partial charge in [-0.2, -0.15) is 0 Å². The summed E-state index contributed by atoms with van der Waals surface area (Å²) < 4.78 is 50.0. The van der Waals surface area contributed by atoms with E-state index in [0.717, 1.165) is 19.0 Å². The standard InChI is InChI=1S/C18H27F2N5O2S.HI/c1-21-18(22-5-7-24-8-10-28(26,27)11-9-24)23-15-4-6-25(13-15)17-3-2-14(19)12-16(17)20;/h2-3,12,15H,4-11,13H2,1H3,(H2,21,22,23);1H. The van der Waals surface area contributed by atoms with E-state index in [1.54, 1.807) is 7.05 Å². The topological polar surface area (TPSA) is 77.0 Å². The lowest BCUT2D eigenvalue weighted by Gasteiger charge is -2.27. The molecule has 2 N–H and O–H groups in total. The number of nitrogens with zero attached hydrogens (tertiary/aromatic N) is 3. The second-order valence-electron chi connectivity index (χ2n) is 7.16. The average molecular weight is 543 g/mol. The Balaban J connectivity index is 0.00000300. The molecular formula is C18H28F2IN5O2S. The van der Waals surface area contributed by atoms with Crippen LogP contribution in [0.4, 0.5) is 14.5 Å². The lowest BCUT2D eigenvalue weighted by atomic mass is 10.2. The van der Waals surface area contributed by atoms with Gasteiger partial charge in [0.15, 0.2) is 15.8 Å². The number of anilines is 1. The van der Waals surface area contributed by atoms with E-state index in [4.69, 9.17) is 0 Å². The van der Waals surface area contributed by atoms with Gasteiger partial charge >= 0.3 is 0 Å². The van der Waals surface area contributed by atoms with Gasteiger partial charge in [0.1, 0.15) is 11.6 Å². The smallest absolute Gasteiger partial charge is 0.191 e. The van der Waals surface area contributed by atoms with Crippen molar-refractivity contribution in [1.29, 1.82) is 0 Å². The van der Waals surface area contributed by atoms with Crippen LogP contribution in [0.3, 0.4) is 0 Å². The fourth-order valence-electron chi connectivity index (χ4n) is 3.53. The third-order valence-corrected chi connectivity index (χ3v) is 6.77. The first-order valence-corrected chi connectivity index (χ1v) is 11.3. The van der Waals surface area contributed by atoms with Crippen LogP contribution in [0.25, 0.3) is 0 Å². The minimum absolute atomic E-state index is 0. The molecule has 2 aliphatic heterocycles. The number of sulfone groups is 1. The van der Waals surface area contributed by atoms with Crippen LogP contribution in [0.5, 0.6) is 0 Å². The Morgan fingerprint density at radius 3 is 2.62 bits per heavy atom. The molecule has 0 aromatic heterocycles. The van der Waals surface area contributed by atoms with E-state index in [-0.39, 0.29) is 41.5 Å². The Bertz CT molecular complexity index is 810. The normalized spacial score (nSPS) is 22.2. The van der Waals surface area contributed by atoms with E-state index in [0.29, 0.717) is 44.4 Å². The van der Waals surface area contributed by atoms with Gasteiger partial charge in [0.05, 0.1) is 17.2 Å². The van der Waals surface area contributed by atoms with Gasteiger partial charge in [0.25, 0.3) is 0 Å². The zero-order valence-electron chi connectivity index (χ0n) is 16.4. The second-order valence-corrected chi connectivity index (χ2v) is 9.47. The second kappa shape index (κ2) is 10.7. The molecule has 29 heavy (non-hydrogen) atoms. The summed E-state index contributed by atoms with van der Waals surface area (Å²) in [5.74, 6) is -0.0239. The Hall–Kier alpha value is -1.21. The van der Waals surface area contributed by atoms with Gasteiger partial charge in [-0.1, -0.05) is 0 Å². The Morgan fingerprint density at radius 1 is 1.24 bits per heavy atom. The van der Waals surface area contributed by atoms with E-state index >= 15 is 0 Å². The minimum Gasteiger partial charge on any atom is -0.367 e. The molecule has 2 saturated heterocycles. The van der Waals surface area contributed by atoms with Crippen molar-refractivity contribution in [3.63, 3.8) is 0 Å². The molecule has 0 saturated carbocycles. The summed E-state index contributed by atoms with van der Waals surface area (Å²) in [6.07, 6.45) is 0.821. The fraction of sp³-hybridized carbons (Fsp3) is 0.611. The molecule has 0 spiro atoms. The Labute approximate surface area is 187 Å². The molecule has 1 unspecified atom stereocenters. The molecule has 0 aliphatic carbocycles. The highest BCUT2D eigenvalue weighted by molar-refractivity contribution is 14.0. The maximum atomic E-state index is 14.0. The summed E-state index contributed by atoms with van der Waals surface area (Å²) in [5, 5.41) is 6.58. The third kappa shape index (κ3) is 6.92. The van der Waals surface area contributed by atoms with Crippen molar-refractivity contribution in [3.8, 4) is 0 Å². The molecule has 2 aliphatic rings. The van der Waals surface area contributed by atoms with E-state index < -0.39 is 21.5 Å². The van der Waals surface area contributed by atoms with Crippen molar-refractivity contribution in [2.45, 2.75) is 12.5 Å². The van der Waals surface area contributed by atoms with Gasteiger partial charge in [-0.15, -0.1) is 24.0 Å². The number of hydrogen-bond acceptors (Lipinski definition) is 5. The van der Waals surface area contributed by atoms with Crippen LogP contribution in [-0.2, 0) is 9.84 Å². The quantitative estimate of drug-likeness (QED) is 0.329. The lowest BCUT2D eigenvalue weighted by molar-refractivity contribution is 0.299. The maximum absolute atomic E-state index is 14.0. The van der Waals surface area contributed by atoms with Gasteiger partial charge in [0, 0.05) is 58.4 Å².